The van der Waals surface area contributed by atoms with Gasteiger partial charge in [0.25, 0.3) is 0 Å². The maximum Gasteiger partial charge on any atom is 1.00 e. The van der Waals surface area contributed by atoms with E-state index in [1.54, 1.807) is 0 Å². The van der Waals surface area contributed by atoms with Crippen LogP contribution in [0, 0.1) is 0 Å². The molecule has 0 aliphatic carbocycles. The van der Waals surface area contributed by atoms with Crippen molar-refractivity contribution in [3.63, 3.8) is 0 Å². The summed E-state index contributed by atoms with van der Waals surface area (Å²) >= 11 is 0. The van der Waals surface area contributed by atoms with Gasteiger partial charge in [-0.05, 0) is 0 Å². The Kier molecular flexibility index (Phi) is 10.9. The van der Waals surface area contributed by atoms with Crippen LogP contribution >= 0.6 is 15.8 Å². The topological polar surface area (TPSA) is 118 Å². The molecule has 0 bridgehead atoms. The molecule has 0 aromatic carbocycles. The van der Waals surface area contributed by atoms with Crippen LogP contribution < -0.4 is 34.5 Å². The van der Waals surface area contributed by atoms with Crippen LogP contribution in [0.15, 0.2) is 0 Å². The average Bonchev–Trinajstić information content (AvgIpc) is 1.12. The van der Waals surface area contributed by atoms with Gasteiger partial charge < -0.3 is 19.6 Å². The third-order valence-corrected chi connectivity index (χ3v) is 0. The maximum absolute atomic E-state index is 10.0. The summed E-state index contributed by atoms with van der Waals surface area (Å²) in [6.07, 6.45) is 0. The molecule has 0 fully saturated rings. The summed E-state index contributed by atoms with van der Waals surface area (Å²) in [5.74, 6) is 0. The zero-order valence-electron chi connectivity index (χ0n) is 5.22. The SMILES string of the molecule is O=P(O)(O)O.O=P([O-])(F)F.[Na+]. The summed E-state index contributed by atoms with van der Waals surface area (Å²) in [5.41, 5.74) is 0. The van der Waals surface area contributed by atoms with Crippen molar-refractivity contribution in [3.8, 4) is 0 Å². The molecule has 0 saturated heterocycles. The van der Waals surface area contributed by atoms with Gasteiger partial charge in [0.2, 0.25) is 0 Å². The number of hydrogen-bond donors (Lipinski definition) is 3. The molecule has 0 heterocycles. The molecule has 0 spiro atoms. The van der Waals surface area contributed by atoms with Crippen LogP contribution in [0.2, 0.25) is 0 Å². The van der Waals surface area contributed by atoms with Gasteiger partial charge in [-0.3, -0.25) is 4.57 Å². The predicted octanol–water partition coefficient (Wildman–Crippen LogP) is -3.53. The fraction of sp³-hybridized carbons (Fsp3) is 0. The minimum Gasteiger partial charge on any atom is -0.749 e. The van der Waals surface area contributed by atoms with Crippen molar-refractivity contribution < 1.29 is 66.7 Å². The van der Waals surface area contributed by atoms with Crippen molar-refractivity contribution in [3.05, 3.63) is 0 Å². The Morgan fingerprint density at radius 1 is 1.09 bits per heavy atom. The molecule has 11 heteroatoms. The largest absolute Gasteiger partial charge is 1.00 e. The summed E-state index contributed by atoms with van der Waals surface area (Å²) < 4.78 is 37.3. The molecule has 0 rings (SSSR count). The van der Waals surface area contributed by atoms with E-state index in [2.05, 4.69) is 0 Å². The van der Waals surface area contributed by atoms with Crippen LogP contribution in [-0.2, 0) is 9.13 Å². The number of rotatable bonds is 0. The van der Waals surface area contributed by atoms with Crippen LogP contribution in [0.1, 0.15) is 0 Å². The van der Waals surface area contributed by atoms with Crippen molar-refractivity contribution in [2.75, 3.05) is 0 Å². The molecule has 0 amide bonds. The minimum atomic E-state index is -5.89. The quantitative estimate of drug-likeness (QED) is 0.288. The minimum absolute atomic E-state index is 0. The van der Waals surface area contributed by atoms with E-state index in [9.17, 15) is 8.39 Å². The normalized spacial score (nSPS) is 10.7. The van der Waals surface area contributed by atoms with E-state index >= 15 is 0 Å². The molecule has 0 aliphatic rings. The van der Waals surface area contributed by atoms with E-state index in [1.165, 1.54) is 0 Å². The maximum atomic E-state index is 10.0. The Labute approximate surface area is 82.5 Å². The van der Waals surface area contributed by atoms with Gasteiger partial charge in [-0.1, -0.05) is 0 Å². The zero-order valence-corrected chi connectivity index (χ0v) is 9.01. The first-order valence-electron chi connectivity index (χ1n) is 1.49. The third kappa shape index (κ3) is 696. The first-order valence-corrected chi connectivity index (χ1v) is 4.46. The summed E-state index contributed by atoms with van der Waals surface area (Å²) in [5, 5.41) is 0. The van der Waals surface area contributed by atoms with E-state index in [0.29, 0.717) is 0 Å². The van der Waals surface area contributed by atoms with Gasteiger partial charge in [0.05, 0.1) is 0 Å². The third-order valence-electron chi connectivity index (χ3n) is 0. The van der Waals surface area contributed by atoms with Crippen molar-refractivity contribution in [1.29, 1.82) is 0 Å². The van der Waals surface area contributed by atoms with Crippen LogP contribution in [0.3, 0.4) is 0 Å². The van der Waals surface area contributed by atoms with Gasteiger partial charge >= 0.3 is 45.4 Å². The van der Waals surface area contributed by atoms with Gasteiger partial charge in [0.15, 0.2) is 0 Å². The first kappa shape index (κ1) is 18.0. The van der Waals surface area contributed by atoms with Crippen molar-refractivity contribution in [1.82, 2.24) is 0 Å². The van der Waals surface area contributed by atoms with Gasteiger partial charge in [0.1, 0.15) is 0 Å². The molecule has 0 radical (unpaired) electrons. The molecule has 0 aromatic rings. The van der Waals surface area contributed by atoms with Gasteiger partial charge in [-0.25, -0.2) is 4.57 Å². The van der Waals surface area contributed by atoms with E-state index in [1.807, 2.05) is 0 Å². The van der Waals surface area contributed by atoms with E-state index in [4.69, 9.17) is 28.7 Å². The molecule has 3 N–H and O–H groups in total. The fourth-order valence-electron chi connectivity index (χ4n) is 0. The van der Waals surface area contributed by atoms with Crippen molar-refractivity contribution in [2.45, 2.75) is 0 Å². The van der Waals surface area contributed by atoms with Gasteiger partial charge in [-0.15, -0.1) is 0 Å². The summed E-state index contributed by atoms with van der Waals surface area (Å²) in [4.78, 5) is 29.9. The Balaban J connectivity index is -0.000000107. The Morgan fingerprint density at radius 2 is 1.09 bits per heavy atom. The number of phosphoric acid groups is 1. The molecule has 0 aromatic heterocycles. The standard InChI is InChI=1S/F2HO2P.Na.H3O4P/c1-5(2,3)4;;1-5(2,3)4/h(H,3,4);;(H3,1,2,3,4)/q;+1;/p-1. The zero-order chi connectivity index (χ0) is 9.00. The molecule has 0 aliphatic heterocycles. The molecule has 0 unspecified atom stereocenters. The predicted molar refractivity (Wildman–Crippen MR) is 24.1 cm³/mol. The average molecular weight is 222 g/mol. The Bertz CT molecular complexity index is 131. The van der Waals surface area contributed by atoms with Crippen LogP contribution in [0.4, 0.5) is 8.39 Å². The molecule has 0 atom stereocenters. The second-order valence-corrected chi connectivity index (χ2v) is 2.78. The molecule has 64 valence electrons. The van der Waals surface area contributed by atoms with Crippen LogP contribution in [-0.4, -0.2) is 14.7 Å². The molecule has 6 nitrogen and oxygen atoms in total. The summed E-state index contributed by atoms with van der Waals surface area (Å²) in [6.45, 7) is 0. The number of hydrogen-bond acceptors (Lipinski definition) is 3. The van der Waals surface area contributed by atoms with Crippen LogP contribution in [0.5, 0.6) is 0 Å². The van der Waals surface area contributed by atoms with E-state index in [0.717, 1.165) is 0 Å². The smallest absolute Gasteiger partial charge is 0.749 e. The first-order chi connectivity index (χ1) is 4.00. The Morgan fingerprint density at radius 3 is 1.09 bits per heavy atom. The Hall–Kier alpha value is 1.16. The molecule has 0 saturated carbocycles. The van der Waals surface area contributed by atoms with E-state index < -0.39 is 15.8 Å². The van der Waals surface area contributed by atoms with Crippen molar-refractivity contribution >= 4 is 15.8 Å². The second-order valence-electron chi connectivity index (χ2n) is 0.928. The summed E-state index contributed by atoms with van der Waals surface area (Å²) in [6, 6.07) is 0. The van der Waals surface area contributed by atoms with E-state index in [-0.39, 0.29) is 29.6 Å². The monoisotopic (exact) mass is 222 g/mol. The second kappa shape index (κ2) is 6.65. The van der Waals surface area contributed by atoms with Crippen molar-refractivity contribution in [2.24, 2.45) is 0 Å². The van der Waals surface area contributed by atoms with Gasteiger partial charge in [0, 0.05) is 0 Å². The fourth-order valence-corrected chi connectivity index (χ4v) is 0. The van der Waals surface area contributed by atoms with Gasteiger partial charge in [-0.2, -0.15) is 8.39 Å². The molecule has 11 heavy (non-hydrogen) atoms. The number of halogens is 2. The molecular weight excluding hydrogens is 219 g/mol. The molecular formula is H3F2NaO6P2. The summed E-state index contributed by atoms with van der Waals surface area (Å²) in [7, 11) is -10.5. The van der Waals surface area contributed by atoms with Crippen LogP contribution in [0.25, 0.3) is 0 Å².